The Hall–Kier alpha value is -1.16. The van der Waals surface area contributed by atoms with E-state index in [1.807, 2.05) is 0 Å². The Bertz CT molecular complexity index is 331. The van der Waals surface area contributed by atoms with Gasteiger partial charge in [-0.3, -0.25) is 4.98 Å². The van der Waals surface area contributed by atoms with E-state index in [-0.39, 0.29) is 0 Å². The fourth-order valence-corrected chi connectivity index (χ4v) is 1.98. The first-order valence-electron chi connectivity index (χ1n) is 6.45. The minimum absolute atomic E-state index is 0.351. The molecule has 0 unspecified atom stereocenters. The van der Waals surface area contributed by atoms with Crippen molar-refractivity contribution in [3.63, 3.8) is 0 Å². The number of hydrogen-bond acceptors (Lipinski definition) is 4. The Morgan fingerprint density at radius 2 is 2.06 bits per heavy atom. The molecule has 1 heterocycles. The molecule has 0 aromatic carbocycles. The van der Waals surface area contributed by atoms with Crippen molar-refractivity contribution in [2.45, 2.75) is 58.2 Å². The highest BCUT2D eigenvalue weighted by Gasteiger charge is 2.16. The highest BCUT2D eigenvalue weighted by atomic mass is 16.5. The predicted octanol–water partition coefficient (Wildman–Crippen LogP) is 2.30. The Morgan fingerprint density at radius 3 is 2.65 bits per heavy atom. The molecule has 1 aliphatic carbocycles. The van der Waals surface area contributed by atoms with Crippen LogP contribution in [0.5, 0.6) is 5.88 Å². The molecule has 2 rings (SSSR count). The Kier molecular flexibility index (Phi) is 4.31. The van der Waals surface area contributed by atoms with Crippen LogP contribution in [0.2, 0.25) is 0 Å². The molecule has 1 fully saturated rings. The minimum atomic E-state index is 0.351. The van der Waals surface area contributed by atoms with Gasteiger partial charge in [-0.15, -0.1) is 0 Å². The lowest BCUT2D eigenvalue weighted by Gasteiger charge is -2.12. The van der Waals surface area contributed by atoms with E-state index in [0.29, 0.717) is 18.0 Å². The van der Waals surface area contributed by atoms with E-state index in [2.05, 4.69) is 29.1 Å². The first kappa shape index (κ1) is 12.3. The van der Waals surface area contributed by atoms with Crippen molar-refractivity contribution >= 4 is 0 Å². The van der Waals surface area contributed by atoms with E-state index < -0.39 is 0 Å². The van der Waals surface area contributed by atoms with Gasteiger partial charge in [-0.05, 0) is 25.7 Å². The van der Waals surface area contributed by atoms with E-state index in [0.717, 1.165) is 25.1 Å². The first-order chi connectivity index (χ1) is 8.24. The Labute approximate surface area is 103 Å². The van der Waals surface area contributed by atoms with E-state index >= 15 is 0 Å². The van der Waals surface area contributed by atoms with Crippen LogP contribution in [0.4, 0.5) is 0 Å². The van der Waals surface area contributed by atoms with Crippen LogP contribution in [0.1, 0.15) is 45.2 Å². The van der Waals surface area contributed by atoms with Crippen molar-refractivity contribution in [3.8, 4) is 5.88 Å². The second kappa shape index (κ2) is 5.96. The third-order valence-corrected chi connectivity index (χ3v) is 2.96. The van der Waals surface area contributed by atoms with Gasteiger partial charge in [0, 0.05) is 12.6 Å². The van der Waals surface area contributed by atoms with Crippen molar-refractivity contribution in [1.82, 2.24) is 15.3 Å². The van der Waals surface area contributed by atoms with Crippen LogP contribution < -0.4 is 10.1 Å². The highest BCUT2D eigenvalue weighted by Crippen LogP contribution is 2.22. The highest BCUT2D eigenvalue weighted by molar-refractivity contribution is 5.07. The summed E-state index contributed by atoms with van der Waals surface area (Å²) in [4.78, 5) is 8.64. The minimum Gasteiger partial charge on any atom is -0.473 e. The lowest BCUT2D eigenvalue weighted by molar-refractivity contribution is 0.200. The zero-order valence-electron chi connectivity index (χ0n) is 10.6. The number of hydrogen-bond donors (Lipinski definition) is 1. The standard InChI is InChI=1S/C13H21N3O/c1-10(2)14-7-11-8-16-13(9-15-11)17-12-5-3-4-6-12/h8-10,12,14H,3-7H2,1-2H3. The number of nitrogens with one attached hydrogen (secondary N) is 1. The molecule has 0 aliphatic heterocycles. The number of nitrogens with zero attached hydrogens (tertiary/aromatic N) is 2. The van der Waals surface area contributed by atoms with Crippen molar-refractivity contribution < 1.29 is 4.74 Å². The normalized spacial score (nSPS) is 16.6. The summed E-state index contributed by atoms with van der Waals surface area (Å²) in [6.45, 7) is 4.99. The molecule has 1 saturated carbocycles. The third kappa shape index (κ3) is 3.97. The van der Waals surface area contributed by atoms with Crippen molar-refractivity contribution in [1.29, 1.82) is 0 Å². The first-order valence-corrected chi connectivity index (χ1v) is 6.45. The maximum absolute atomic E-state index is 5.76. The zero-order valence-corrected chi connectivity index (χ0v) is 10.6. The molecule has 0 radical (unpaired) electrons. The second-order valence-electron chi connectivity index (χ2n) is 4.91. The molecule has 1 aromatic heterocycles. The summed E-state index contributed by atoms with van der Waals surface area (Å²) in [7, 11) is 0. The van der Waals surface area contributed by atoms with E-state index in [9.17, 15) is 0 Å². The molecule has 0 atom stereocenters. The Balaban J connectivity index is 1.84. The molecule has 1 aromatic rings. The average molecular weight is 235 g/mol. The van der Waals surface area contributed by atoms with Crippen LogP contribution >= 0.6 is 0 Å². The maximum Gasteiger partial charge on any atom is 0.232 e. The van der Waals surface area contributed by atoms with Gasteiger partial charge in [-0.2, -0.15) is 0 Å². The van der Waals surface area contributed by atoms with E-state index in [1.54, 1.807) is 12.4 Å². The van der Waals surface area contributed by atoms with Gasteiger partial charge in [0.25, 0.3) is 0 Å². The van der Waals surface area contributed by atoms with Gasteiger partial charge in [-0.1, -0.05) is 13.8 Å². The molecular formula is C13H21N3O. The summed E-state index contributed by atoms with van der Waals surface area (Å²) >= 11 is 0. The monoisotopic (exact) mass is 235 g/mol. The van der Waals surface area contributed by atoms with E-state index in [1.165, 1.54) is 12.8 Å². The fourth-order valence-electron chi connectivity index (χ4n) is 1.98. The molecular weight excluding hydrogens is 214 g/mol. The van der Waals surface area contributed by atoms with Crippen LogP contribution in [0.25, 0.3) is 0 Å². The molecule has 4 nitrogen and oxygen atoms in total. The van der Waals surface area contributed by atoms with Gasteiger partial charge in [0.15, 0.2) is 0 Å². The summed E-state index contributed by atoms with van der Waals surface area (Å²) in [6, 6.07) is 0.464. The number of rotatable bonds is 5. The topological polar surface area (TPSA) is 47.0 Å². The maximum atomic E-state index is 5.76. The fraction of sp³-hybridized carbons (Fsp3) is 0.692. The van der Waals surface area contributed by atoms with Crippen LogP contribution in [-0.2, 0) is 6.54 Å². The molecule has 0 bridgehead atoms. The van der Waals surface area contributed by atoms with Gasteiger partial charge in [0.2, 0.25) is 5.88 Å². The molecule has 0 spiro atoms. The molecule has 17 heavy (non-hydrogen) atoms. The third-order valence-electron chi connectivity index (χ3n) is 2.96. The zero-order chi connectivity index (χ0) is 12.1. The number of aromatic nitrogens is 2. The summed E-state index contributed by atoms with van der Waals surface area (Å²) in [5.74, 6) is 0.658. The molecule has 0 amide bonds. The number of ether oxygens (including phenoxy) is 1. The van der Waals surface area contributed by atoms with Crippen LogP contribution in [0.15, 0.2) is 12.4 Å². The summed E-state index contributed by atoms with van der Waals surface area (Å²) < 4.78 is 5.76. The lowest BCUT2D eigenvalue weighted by Crippen LogP contribution is -2.22. The van der Waals surface area contributed by atoms with Gasteiger partial charge in [-0.25, -0.2) is 4.98 Å². The summed E-state index contributed by atoms with van der Waals surface area (Å²) in [5.41, 5.74) is 0.956. The molecule has 0 saturated heterocycles. The van der Waals surface area contributed by atoms with Crippen LogP contribution in [-0.4, -0.2) is 22.1 Å². The summed E-state index contributed by atoms with van der Waals surface area (Å²) in [6.07, 6.45) is 8.72. The van der Waals surface area contributed by atoms with Gasteiger partial charge in [0.1, 0.15) is 6.10 Å². The van der Waals surface area contributed by atoms with Crippen LogP contribution in [0.3, 0.4) is 0 Å². The van der Waals surface area contributed by atoms with Gasteiger partial charge >= 0.3 is 0 Å². The van der Waals surface area contributed by atoms with Crippen molar-refractivity contribution in [2.75, 3.05) is 0 Å². The lowest BCUT2D eigenvalue weighted by atomic mass is 10.3. The SMILES string of the molecule is CC(C)NCc1cnc(OC2CCCC2)cn1. The molecule has 4 heteroatoms. The second-order valence-corrected chi connectivity index (χ2v) is 4.91. The molecule has 94 valence electrons. The average Bonchev–Trinajstić information content (AvgIpc) is 2.81. The van der Waals surface area contributed by atoms with Crippen LogP contribution in [0, 0.1) is 0 Å². The molecule has 1 N–H and O–H groups in total. The van der Waals surface area contributed by atoms with Crippen molar-refractivity contribution in [3.05, 3.63) is 18.1 Å². The quantitative estimate of drug-likeness (QED) is 0.850. The molecule has 1 aliphatic rings. The Morgan fingerprint density at radius 1 is 1.29 bits per heavy atom. The largest absolute Gasteiger partial charge is 0.473 e. The van der Waals surface area contributed by atoms with E-state index in [4.69, 9.17) is 4.74 Å². The van der Waals surface area contributed by atoms with Crippen molar-refractivity contribution in [2.24, 2.45) is 0 Å². The van der Waals surface area contributed by atoms with Gasteiger partial charge < -0.3 is 10.1 Å². The predicted molar refractivity (Wildman–Crippen MR) is 66.9 cm³/mol. The smallest absolute Gasteiger partial charge is 0.232 e. The van der Waals surface area contributed by atoms with Gasteiger partial charge in [0.05, 0.1) is 18.1 Å². The summed E-state index contributed by atoms with van der Waals surface area (Å²) in [5, 5.41) is 3.31.